The lowest BCUT2D eigenvalue weighted by Gasteiger charge is -2.27. The number of carbonyl (C=O) groups excluding carboxylic acids is 1. The number of ether oxygens (including phenoxy) is 1. The second-order valence-electron chi connectivity index (χ2n) is 5.60. The summed E-state index contributed by atoms with van der Waals surface area (Å²) >= 11 is 0. The number of hydrogen-bond donors (Lipinski definition) is 1. The van der Waals surface area contributed by atoms with E-state index in [1.54, 1.807) is 13.0 Å². The monoisotopic (exact) mass is 294 g/mol. The summed E-state index contributed by atoms with van der Waals surface area (Å²) in [7, 11) is 0. The second kappa shape index (κ2) is 6.89. The van der Waals surface area contributed by atoms with Crippen LogP contribution in [0, 0.1) is 5.82 Å². The van der Waals surface area contributed by atoms with Crippen LogP contribution in [-0.2, 0) is 16.0 Å². The molecule has 1 aromatic rings. The number of fused-ring (bicyclic) bond motifs is 1. The van der Waals surface area contributed by atoms with Gasteiger partial charge in [-0.25, -0.2) is 4.39 Å². The Balaban J connectivity index is 2.11. The van der Waals surface area contributed by atoms with Crippen LogP contribution in [0.3, 0.4) is 0 Å². The maximum absolute atomic E-state index is 13.4. The van der Waals surface area contributed by atoms with Crippen molar-refractivity contribution >= 4 is 11.7 Å². The summed E-state index contributed by atoms with van der Waals surface area (Å²) in [6, 6.07) is 4.62. The summed E-state index contributed by atoms with van der Waals surface area (Å²) in [5, 5.41) is 3.23. The molecule has 5 heteroatoms. The predicted octanol–water partition coefficient (Wildman–Crippen LogP) is 2.12. The summed E-state index contributed by atoms with van der Waals surface area (Å²) in [4.78, 5) is 14.1. The van der Waals surface area contributed by atoms with E-state index in [2.05, 4.69) is 10.2 Å². The fourth-order valence-corrected chi connectivity index (χ4v) is 2.67. The third-order valence-corrected chi connectivity index (χ3v) is 3.55. The van der Waals surface area contributed by atoms with Crippen LogP contribution in [-0.4, -0.2) is 37.7 Å². The number of hydrogen-bond acceptors (Lipinski definition) is 4. The first-order valence-electron chi connectivity index (χ1n) is 7.47. The smallest absolute Gasteiger partial charge is 0.324 e. The Kier molecular flexibility index (Phi) is 5.17. The van der Waals surface area contributed by atoms with Crippen LogP contribution >= 0.6 is 0 Å². The molecule has 21 heavy (non-hydrogen) atoms. The molecule has 0 aromatic heterocycles. The highest BCUT2D eigenvalue weighted by Gasteiger charge is 2.27. The molecular formula is C16H23FN2O2. The van der Waals surface area contributed by atoms with Crippen molar-refractivity contribution in [3.8, 4) is 0 Å². The molecule has 0 fully saturated rings. The molecule has 0 radical (unpaired) electrons. The van der Waals surface area contributed by atoms with Gasteiger partial charge in [0.05, 0.1) is 6.61 Å². The fourth-order valence-electron chi connectivity index (χ4n) is 2.67. The minimum atomic E-state index is -0.404. The SMILES string of the molecule is CCOC(=O)C(CN1CCc2ccc(F)cc21)NC(C)C. The third-order valence-electron chi connectivity index (χ3n) is 3.55. The van der Waals surface area contributed by atoms with Crippen LogP contribution in [0.25, 0.3) is 0 Å². The molecule has 1 N–H and O–H groups in total. The lowest BCUT2D eigenvalue weighted by molar-refractivity contribution is -0.145. The predicted molar refractivity (Wildman–Crippen MR) is 81.0 cm³/mol. The molecule has 0 spiro atoms. The first kappa shape index (κ1) is 15.8. The van der Waals surface area contributed by atoms with Crippen molar-refractivity contribution in [2.45, 2.75) is 39.3 Å². The van der Waals surface area contributed by atoms with Crippen molar-refractivity contribution in [1.29, 1.82) is 0 Å². The van der Waals surface area contributed by atoms with Crippen molar-refractivity contribution < 1.29 is 13.9 Å². The molecule has 1 aliphatic heterocycles. The van der Waals surface area contributed by atoms with E-state index < -0.39 is 6.04 Å². The zero-order valence-corrected chi connectivity index (χ0v) is 12.9. The number of halogens is 1. The number of rotatable bonds is 6. The van der Waals surface area contributed by atoms with Crippen LogP contribution in [0.2, 0.25) is 0 Å². The first-order valence-corrected chi connectivity index (χ1v) is 7.47. The second-order valence-corrected chi connectivity index (χ2v) is 5.60. The summed E-state index contributed by atoms with van der Waals surface area (Å²) < 4.78 is 18.6. The van der Waals surface area contributed by atoms with Crippen LogP contribution in [0.5, 0.6) is 0 Å². The summed E-state index contributed by atoms with van der Waals surface area (Å²) in [5.74, 6) is -0.499. The van der Waals surface area contributed by atoms with Crippen molar-refractivity contribution in [2.75, 3.05) is 24.6 Å². The van der Waals surface area contributed by atoms with Crippen molar-refractivity contribution in [1.82, 2.24) is 5.32 Å². The minimum Gasteiger partial charge on any atom is -0.465 e. The molecule has 2 rings (SSSR count). The van der Waals surface area contributed by atoms with Crippen LogP contribution in [0.4, 0.5) is 10.1 Å². The summed E-state index contributed by atoms with van der Waals surface area (Å²) in [6.07, 6.45) is 0.882. The van der Waals surface area contributed by atoms with Gasteiger partial charge < -0.3 is 15.0 Å². The van der Waals surface area contributed by atoms with Crippen LogP contribution < -0.4 is 10.2 Å². The number of anilines is 1. The molecule has 0 aliphatic carbocycles. The van der Waals surface area contributed by atoms with E-state index in [0.29, 0.717) is 13.2 Å². The maximum Gasteiger partial charge on any atom is 0.324 e. The van der Waals surface area contributed by atoms with Gasteiger partial charge in [-0.2, -0.15) is 0 Å². The molecule has 0 amide bonds. The lowest BCUT2D eigenvalue weighted by Crippen LogP contribution is -2.49. The van der Waals surface area contributed by atoms with Crippen LogP contribution in [0.1, 0.15) is 26.3 Å². The molecule has 0 saturated carbocycles. The van der Waals surface area contributed by atoms with Gasteiger partial charge in [-0.1, -0.05) is 19.9 Å². The Morgan fingerprint density at radius 3 is 2.90 bits per heavy atom. The van der Waals surface area contributed by atoms with E-state index >= 15 is 0 Å². The van der Waals surface area contributed by atoms with Gasteiger partial charge in [0.15, 0.2) is 0 Å². The van der Waals surface area contributed by atoms with Gasteiger partial charge in [-0.05, 0) is 31.0 Å². The molecule has 1 atom stereocenters. The average Bonchev–Trinajstić information content (AvgIpc) is 2.80. The Labute approximate surface area is 125 Å². The maximum atomic E-state index is 13.4. The highest BCUT2D eigenvalue weighted by Crippen LogP contribution is 2.28. The van der Waals surface area contributed by atoms with E-state index in [1.165, 1.54) is 6.07 Å². The van der Waals surface area contributed by atoms with Crippen molar-refractivity contribution in [2.24, 2.45) is 0 Å². The van der Waals surface area contributed by atoms with Gasteiger partial charge in [0.1, 0.15) is 11.9 Å². The van der Waals surface area contributed by atoms with E-state index in [4.69, 9.17) is 4.74 Å². The Hall–Kier alpha value is -1.62. The van der Waals surface area contributed by atoms with E-state index in [0.717, 1.165) is 24.2 Å². The molecule has 1 aliphatic rings. The number of nitrogens with one attached hydrogen (secondary N) is 1. The lowest BCUT2D eigenvalue weighted by atomic mass is 10.1. The van der Waals surface area contributed by atoms with Gasteiger partial charge in [0.25, 0.3) is 0 Å². The molecule has 1 aromatic carbocycles. The number of benzene rings is 1. The van der Waals surface area contributed by atoms with Gasteiger partial charge >= 0.3 is 5.97 Å². The molecule has 0 saturated heterocycles. The Bertz CT molecular complexity index is 505. The highest BCUT2D eigenvalue weighted by atomic mass is 19.1. The third kappa shape index (κ3) is 3.94. The van der Waals surface area contributed by atoms with Crippen molar-refractivity contribution in [3.05, 3.63) is 29.6 Å². The zero-order chi connectivity index (χ0) is 15.4. The zero-order valence-electron chi connectivity index (χ0n) is 12.9. The molecule has 1 heterocycles. The Morgan fingerprint density at radius 2 is 2.24 bits per heavy atom. The topological polar surface area (TPSA) is 41.6 Å². The van der Waals surface area contributed by atoms with Gasteiger partial charge in [0.2, 0.25) is 0 Å². The number of esters is 1. The van der Waals surface area contributed by atoms with Crippen LogP contribution in [0.15, 0.2) is 18.2 Å². The quantitative estimate of drug-likeness (QED) is 0.816. The number of nitrogens with zero attached hydrogens (tertiary/aromatic N) is 1. The first-order chi connectivity index (χ1) is 10.0. The normalized spacial score (nSPS) is 15.2. The van der Waals surface area contributed by atoms with Gasteiger partial charge in [-0.3, -0.25) is 4.79 Å². The summed E-state index contributed by atoms with van der Waals surface area (Å²) in [5.41, 5.74) is 2.01. The molecule has 4 nitrogen and oxygen atoms in total. The minimum absolute atomic E-state index is 0.175. The fraction of sp³-hybridized carbons (Fsp3) is 0.562. The number of carbonyl (C=O) groups is 1. The molecule has 1 unspecified atom stereocenters. The molecular weight excluding hydrogens is 271 g/mol. The Morgan fingerprint density at radius 1 is 1.48 bits per heavy atom. The average molecular weight is 294 g/mol. The highest BCUT2D eigenvalue weighted by molar-refractivity contribution is 5.77. The van der Waals surface area contributed by atoms with Gasteiger partial charge in [0, 0.05) is 24.8 Å². The van der Waals surface area contributed by atoms with E-state index in [-0.39, 0.29) is 17.8 Å². The standard InChI is InChI=1S/C16H23FN2O2/c1-4-21-16(20)14(18-11(2)3)10-19-8-7-12-5-6-13(17)9-15(12)19/h5-6,9,11,14,18H,4,7-8,10H2,1-3H3. The van der Waals surface area contributed by atoms with Crippen molar-refractivity contribution in [3.63, 3.8) is 0 Å². The molecule has 0 bridgehead atoms. The molecule has 116 valence electrons. The summed E-state index contributed by atoms with van der Waals surface area (Å²) in [6.45, 7) is 7.43. The van der Waals surface area contributed by atoms with Gasteiger partial charge in [-0.15, -0.1) is 0 Å². The van der Waals surface area contributed by atoms with E-state index in [9.17, 15) is 9.18 Å². The largest absolute Gasteiger partial charge is 0.465 e. The van der Waals surface area contributed by atoms with E-state index in [1.807, 2.05) is 19.9 Å².